The maximum Gasteiger partial charge on any atom is 0.343 e. The van der Waals surface area contributed by atoms with Gasteiger partial charge in [-0.2, -0.15) is 0 Å². The summed E-state index contributed by atoms with van der Waals surface area (Å²) in [7, 11) is 1.69. The lowest BCUT2D eigenvalue weighted by Gasteiger charge is -2.31. The zero-order valence-electron chi connectivity index (χ0n) is 19.5. The lowest BCUT2D eigenvalue weighted by Crippen LogP contribution is -2.23. The van der Waals surface area contributed by atoms with Crippen LogP contribution in [0.4, 0.5) is 0 Å². The summed E-state index contributed by atoms with van der Waals surface area (Å²) in [6.07, 6.45) is 7.30. The van der Waals surface area contributed by atoms with E-state index in [4.69, 9.17) is 9.47 Å². The summed E-state index contributed by atoms with van der Waals surface area (Å²) in [6.45, 7) is 4.55. The second-order valence-electron chi connectivity index (χ2n) is 8.50. The minimum Gasteiger partial charge on any atom is -0.497 e. The Balaban J connectivity index is 1.79. The summed E-state index contributed by atoms with van der Waals surface area (Å²) < 4.78 is 10.9. The molecule has 0 bridgehead atoms. The van der Waals surface area contributed by atoms with Crippen molar-refractivity contribution in [3.05, 3.63) is 95.6 Å². The van der Waals surface area contributed by atoms with Gasteiger partial charge in [-0.1, -0.05) is 88.4 Å². The minimum atomic E-state index is -0.341. The van der Waals surface area contributed by atoms with Gasteiger partial charge in [-0.3, -0.25) is 0 Å². The van der Waals surface area contributed by atoms with Gasteiger partial charge in [0.25, 0.3) is 0 Å². The van der Waals surface area contributed by atoms with E-state index in [0.29, 0.717) is 11.3 Å². The van der Waals surface area contributed by atoms with Crippen LogP contribution < -0.4 is 9.47 Å². The molecule has 0 N–H and O–H groups in total. The highest BCUT2D eigenvalue weighted by molar-refractivity contribution is 5.90. The van der Waals surface area contributed by atoms with E-state index in [2.05, 4.69) is 38.1 Å². The van der Waals surface area contributed by atoms with Gasteiger partial charge in [0.2, 0.25) is 0 Å². The molecule has 3 aromatic rings. The fourth-order valence-corrected chi connectivity index (χ4v) is 4.13. The maximum absolute atomic E-state index is 12.4. The molecule has 168 valence electrons. The molecule has 0 saturated heterocycles. The first kappa shape index (κ1) is 23.6. The number of ether oxygens (including phenoxy) is 2. The second-order valence-corrected chi connectivity index (χ2v) is 8.50. The van der Waals surface area contributed by atoms with E-state index < -0.39 is 0 Å². The van der Waals surface area contributed by atoms with E-state index in [0.717, 1.165) is 12.2 Å². The highest BCUT2D eigenvalue weighted by atomic mass is 16.5. The molecule has 3 nitrogen and oxygen atoms in total. The van der Waals surface area contributed by atoms with E-state index in [-0.39, 0.29) is 11.4 Å². The predicted octanol–water partition coefficient (Wildman–Crippen LogP) is 7.58. The van der Waals surface area contributed by atoms with Crippen LogP contribution in [0, 0.1) is 0 Å². The van der Waals surface area contributed by atoms with Crippen LogP contribution >= 0.6 is 0 Å². The molecule has 1 unspecified atom stereocenters. The van der Waals surface area contributed by atoms with Gasteiger partial charge in [0.15, 0.2) is 0 Å². The Morgan fingerprint density at radius 2 is 1.31 bits per heavy atom. The Hall–Kier alpha value is -3.07. The van der Waals surface area contributed by atoms with E-state index >= 15 is 0 Å². The Labute approximate surface area is 192 Å². The molecule has 0 aliphatic carbocycles. The number of carbonyl (C=O) groups excluding carboxylic acids is 1. The molecule has 32 heavy (non-hydrogen) atoms. The topological polar surface area (TPSA) is 35.5 Å². The Morgan fingerprint density at radius 1 is 0.750 bits per heavy atom. The van der Waals surface area contributed by atoms with Gasteiger partial charge in [0.1, 0.15) is 11.5 Å². The van der Waals surface area contributed by atoms with E-state index in [1.807, 2.05) is 42.5 Å². The molecule has 0 heterocycles. The van der Waals surface area contributed by atoms with Crippen molar-refractivity contribution < 1.29 is 14.3 Å². The monoisotopic (exact) mass is 430 g/mol. The van der Waals surface area contributed by atoms with Gasteiger partial charge in [-0.25, -0.2) is 4.79 Å². The first-order valence-corrected chi connectivity index (χ1v) is 11.6. The van der Waals surface area contributed by atoms with E-state index in [9.17, 15) is 4.79 Å². The number of hydrogen-bond acceptors (Lipinski definition) is 3. The number of hydrogen-bond donors (Lipinski definition) is 0. The highest BCUT2D eigenvalue weighted by Gasteiger charge is 2.28. The van der Waals surface area contributed by atoms with Crippen LogP contribution in [-0.2, 0) is 5.41 Å². The zero-order valence-corrected chi connectivity index (χ0v) is 19.5. The lowest BCUT2D eigenvalue weighted by atomic mass is 9.72. The lowest BCUT2D eigenvalue weighted by molar-refractivity contribution is 0.0734. The zero-order chi connectivity index (χ0) is 22.8. The third kappa shape index (κ3) is 6.00. The van der Waals surface area contributed by atoms with Crippen molar-refractivity contribution in [2.24, 2.45) is 0 Å². The summed E-state index contributed by atoms with van der Waals surface area (Å²) in [5.74, 6) is 1.08. The number of carbonyl (C=O) groups is 1. The van der Waals surface area contributed by atoms with Crippen LogP contribution in [0.25, 0.3) is 0 Å². The minimum absolute atomic E-state index is 0.125. The highest BCUT2D eigenvalue weighted by Crippen LogP contribution is 2.38. The molecule has 1 atom stereocenters. The van der Waals surface area contributed by atoms with Crippen LogP contribution in [-0.4, -0.2) is 13.1 Å². The van der Waals surface area contributed by atoms with Crippen LogP contribution in [0.1, 0.15) is 73.9 Å². The number of rotatable bonds is 11. The quantitative estimate of drug-likeness (QED) is 0.179. The number of unbranched alkanes of at least 4 members (excludes halogenated alkanes) is 4. The number of esters is 1. The standard InChI is InChI=1S/C29H34O3/c1-4-5-6-7-11-22-29(2,24-14-18-26(31-3)19-15-24)25-16-20-27(21-17-25)32-28(30)23-12-9-8-10-13-23/h8-10,12-21H,4-7,11,22H2,1-3H3. The summed E-state index contributed by atoms with van der Waals surface area (Å²) >= 11 is 0. The molecule has 0 fully saturated rings. The Bertz CT molecular complexity index is 962. The molecule has 0 aliphatic heterocycles. The molecule has 0 saturated carbocycles. The molecular formula is C29H34O3. The summed E-state index contributed by atoms with van der Waals surface area (Å²) in [5.41, 5.74) is 2.91. The molecule has 0 aromatic heterocycles. The normalized spacial score (nSPS) is 12.7. The molecular weight excluding hydrogens is 396 g/mol. The fourth-order valence-electron chi connectivity index (χ4n) is 4.13. The fraction of sp³-hybridized carbons (Fsp3) is 0.345. The third-order valence-corrected chi connectivity index (χ3v) is 6.22. The summed E-state index contributed by atoms with van der Waals surface area (Å²) in [5, 5.41) is 0. The van der Waals surface area contributed by atoms with E-state index in [1.165, 1.54) is 43.2 Å². The van der Waals surface area contributed by atoms with Crippen molar-refractivity contribution in [1.29, 1.82) is 0 Å². The van der Waals surface area contributed by atoms with Gasteiger partial charge in [0.05, 0.1) is 12.7 Å². The van der Waals surface area contributed by atoms with Crippen LogP contribution in [0.2, 0.25) is 0 Å². The van der Waals surface area contributed by atoms with E-state index in [1.54, 1.807) is 19.2 Å². The van der Waals surface area contributed by atoms with Gasteiger partial charge >= 0.3 is 5.97 Å². The van der Waals surface area contributed by atoms with Gasteiger partial charge < -0.3 is 9.47 Å². The van der Waals surface area contributed by atoms with Crippen molar-refractivity contribution >= 4 is 5.97 Å². The van der Waals surface area contributed by atoms with Crippen molar-refractivity contribution in [2.45, 2.75) is 57.8 Å². The molecule has 0 spiro atoms. The molecule has 0 amide bonds. The van der Waals surface area contributed by atoms with Gasteiger partial charge in [-0.15, -0.1) is 0 Å². The molecule has 3 heteroatoms. The van der Waals surface area contributed by atoms with Crippen molar-refractivity contribution in [2.75, 3.05) is 7.11 Å². The molecule has 3 aromatic carbocycles. The van der Waals surface area contributed by atoms with Crippen molar-refractivity contribution in [3.63, 3.8) is 0 Å². The van der Waals surface area contributed by atoms with Gasteiger partial charge in [-0.05, 0) is 53.9 Å². The second kappa shape index (κ2) is 11.5. The Kier molecular flexibility index (Phi) is 8.49. The van der Waals surface area contributed by atoms with Crippen LogP contribution in [0.15, 0.2) is 78.9 Å². The average Bonchev–Trinajstić information content (AvgIpc) is 2.84. The summed E-state index contributed by atoms with van der Waals surface area (Å²) in [6, 6.07) is 25.4. The van der Waals surface area contributed by atoms with Gasteiger partial charge in [0, 0.05) is 5.41 Å². The van der Waals surface area contributed by atoms with Crippen molar-refractivity contribution in [1.82, 2.24) is 0 Å². The SMILES string of the molecule is CCCCCCCC(C)(c1ccc(OC)cc1)c1ccc(OC(=O)c2ccccc2)cc1. The van der Waals surface area contributed by atoms with Crippen molar-refractivity contribution in [3.8, 4) is 11.5 Å². The smallest absolute Gasteiger partial charge is 0.343 e. The van der Waals surface area contributed by atoms with Crippen LogP contribution in [0.5, 0.6) is 11.5 Å². The molecule has 0 radical (unpaired) electrons. The number of methoxy groups -OCH3 is 1. The summed E-state index contributed by atoms with van der Waals surface area (Å²) in [4.78, 5) is 12.4. The molecule has 3 rings (SSSR count). The predicted molar refractivity (Wildman–Crippen MR) is 131 cm³/mol. The average molecular weight is 431 g/mol. The third-order valence-electron chi connectivity index (χ3n) is 6.22. The first-order chi connectivity index (χ1) is 15.6. The largest absolute Gasteiger partial charge is 0.497 e. The van der Waals surface area contributed by atoms with Crippen LogP contribution in [0.3, 0.4) is 0 Å². The first-order valence-electron chi connectivity index (χ1n) is 11.6. The maximum atomic E-state index is 12.4. The molecule has 0 aliphatic rings. The Morgan fingerprint density at radius 3 is 1.88 bits per heavy atom. The number of benzene rings is 3.